The number of piperazine rings is 1. The summed E-state index contributed by atoms with van der Waals surface area (Å²) in [6.45, 7) is 32.4. The van der Waals surface area contributed by atoms with Gasteiger partial charge in [-0.1, -0.05) is 131 Å². The highest BCUT2D eigenvalue weighted by atomic mass is 32.2. The number of benzene rings is 1. The maximum absolute atomic E-state index is 5.99. The maximum Gasteiger partial charge on any atom is 0.119 e. The van der Waals surface area contributed by atoms with Crippen molar-refractivity contribution in [3.8, 4) is 11.5 Å². The van der Waals surface area contributed by atoms with E-state index in [0.29, 0.717) is 34.9 Å². The molecule has 13 saturated carbocycles. The Hall–Kier alpha value is -0.420. The highest BCUT2D eigenvalue weighted by Gasteiger charge is 2.54. The third-order valence-electron chi connectivity index (χ3n) is 30.6. The maximum atomic E-state index is 5.99. The summed E-state index contributed by atoms with van der Waals surface area (Å²) >= 11 is 8.07. The van der Waals surface area contributed by atoms with Gasteiger partial charge in [-0.15, -0.1) is 0 Å². The first-order valence-electron chi connectivity index (χ1n) is 50.6. The summed E-state index contributed by atoms with van der Waals surface area (Å²) in [6, 6.07) is 7.44. The molecule has 1 aromatic carbocycles. The minimum atomic E-state index is -0.234. The van der Waals surface area contributed by atoms with E-state index in [9.17, 15) is 0 Å². The Morgan fingerprint density at radius 3 is 0.829 bits per heavy atom. The van der Waals surface area contributed by atoms with Gasteiger partial charge >= 0.3 is 0 Å². The molecule has 14 aliphatic rings. The average Bonchev–Trinajstić information content (AvgIpc) is 0.788. The molecule has 1 saturated heterocycles. The fraction of sp³-hybridized carbons (Fsp3) is 0.944. The number of likely N-dealkylation sites (N-methyl/N-ethyl adjacent to an activating group) is 4. The van der Waals surface area contributed by atoms with Crippen LogP contribution in [0.25, 0.3) is 0 Å². The molecule has 0 amide bonds. The molecular weight excluding hydrogens is 1690 g/mol. The second-order valence-corrected chi connectivity index (χ2v) is 45.5. The minimum Gasteiger partial charge on any atom is -0.497 e. The first kappa shape index (κ1) is 131. The van der Waals surface area contributed by atoms with E-state index in [1.807, 2.05) is 104 Å². The first-order valence-corrected chi connectivity index (χ1v) is 55.8. The van der Waals surface area contributed by atoms with Crippen LogP contribution in [0.2, 0.25) is 0 Å². The monoisotopic (exact) mass is 1910 g/mol. The summed E-state index contributed by atoms with van der Waals surface area (Å²) in [5.74, 6) is 6.32. The molecule has 14 fully saturated rings. The number of fused-ring (bicyclic) bond motifs is 9. The number of methoxy groups -OCH3 is 14. The van der Waals surface area contributed by atoms with Crippen molar-refractivity contribution >= 4 is 47.0 Å². The van der Waals surface area contributed by atoms with E-state index in [-0.39, 0.29) is 33.6 Å². The van der Waals surface area contributed by atoms with Gasteiger partial charge in [-0.25, -0.2) is 0 Å². The van der Waals surface area contributed by atoms with Crippen LogP contribution in [0.1, 0.15) is 332 Å². The summed E-state index contributed by atoms with van der Waals surface area (Å²) in [6.07, 6.45) is 64.7. The Labute approximate surface area is 817 Å². The van der Waals surface area contributed by atoms with Gasteiger partial charge in [0.05, 0.1) is 73.2 Å². The van der Waals surface area contributed by atoms with Gasteiger partial charge in [0.1, 0.15) is 11.5 Å². The molecule has 0 atom stereocenters. The molecule has 22 heteroatoms. The van der Waals surface area contributed by atoms with E-state index in [4.69, 9.17) is 56.8 Å². The van der Waals surface area contributed by atoms with Gasteiger partial charge in [-0.2, -0.15) is 47.0 Å². The topological polar surface area (TPSA) is 142 Å². The van der Waals surface area contributed by atoms with Gasteiger partial charge < -0.3 is 85.9 Å². The van der Waals surface area contributed by atoms with Crippen molar-refractivity contribution in [2.24, 2.45) is 22.7 Å². The predicted molar refractivity (Wildman–Crippen MR) is 566 cm³/mol. The Bertz CT molecular complexity index is 2330. The van der Waals surface area contributed by atoms with Crippen LogP contribution in [-0.4, -0.2) is 319 Å². The molecule has 18 nitrogen and oxygen atoms in total. The van der Waals surface area contributed by atoms with Crippen LogP contribution in [0.15, 0.2) is 24.3 Å². The van der Waals surface area contributed by atoms with Crippen LogP contribution in [0.5, 0.6) is 11.5 Å². The number of unbranched alkanes of at least 4 members (excludes halogenated alkanes) is 3. The van der Waals surface area contributed by atoms with E-state index >= 15 is 0 Å². The van der Waals surface area contributed by atoms with Gasteiger partial charge in [-0.05, 0) is 315 Å². The van der Waals surface area contributed by atoms with Crippen molar-refractivity contribution in [2.75, 3.05) is 244 Å². The number of hydrogen-bond acceptors (Lipinski definition) is 22. The van der Waals surface area contributed by atoms with E-state index in [1.165, 1.54) is 269 Å². The SMILES string of the molecule is CC12CCC(C)(CC1)CC2.CC1CCC(C)CC1.CCCCCC.CN(C)CCN(C)C.CN1CCN(C)CC1.COC(C)(C)C(C)(C)OC.COC1(C2(OC)CCCCC2)CCCCC1.COC12CCC(OC)(CC1)CC2.COC1CCC(OC)CC1.COCCCOC.COCCOC.COc1ccc(OC)cc1.CSC12CCC(SC)(CC1)CC2.CSCCSC. The Kier molecular flexibility index (Phi) is 76.4. The lowest BCUT2D eigenvalue weighted by Gasteiger charge is -2.52. The van der Waals surface area contributed by atoms with E-state index in [2.05, 4.69) is 161 Å². The zero-order valence-electron chi connectivity index (χ0n) is 91.2. The largest absolute Gasteiger partial charge is 0.497 e. The molecule has 0 N–H and O–H groups in total. The highest BCUT2D eigenvalue weighted by Crippen LogP contribution is 2.58. The minimum absolute atomic E-state index is 0.0143. The van der Waals surface area contributed by atoms with Crippen LogP contribution < -0.4 is 9.47 Å². The molecule has 13 aliphatic carbocycles. The molecule has 15 rings (SSSR count). The van der Waals surface area contributed by atoms with Gasteiger partial charge in [0.25, 0.3) is 0 Å². The Morgan fingerprint density at radius 2 is 0.636 bits per heavy atom. The van der Waals surface area contributed by atoms with Crippen molar-refractivity contribution in [2.45, 2.75) is 388 Å². The van der Waals surface area contributed by atoms with Crippen LogP contribution in [0.3, 0.4) is 0 Å². The third kappa shape index (κ3) is 55.4. The van der Waals surface area contributed by atoms with Crippen LogP contribution in [-0.2, 0) is 56.8 Å². The van der Waals surface area contributed by atoms with Gasteiger partial charge in [0.2, 0.25) is 0 Å². The van der Waals surface area contributed by atoms with E-state index in [0.717, 1.165) is 92.6 Å². The summed E-state index contributed by atoms with van der Waals surface area (Å²) in [5.41, 5.74) is 1.53. The molecule has 772 valence electrons. The van der Waals surface area contributed by atoms with Crippen molar-refractivity contribution in [3.05, 3.63) is 24.3 Å². The second-order valence-electron chi connectivity index (χ2n) is 41.0. The van der Waals surface area contributed by atoms with Crippen LogP contribution in [0.4, 0.5) is 0 Å². The number of thioether (sulfide) groups is 4. The molecule has 0 radical (unpaired) electrons. The standard InChI is InChI=1S/C14H26O2.C10H18O2.C10H18S2.C10H18.C8H16O2.C8H10O2.C8H18O2.C8H16.C6H14N2.C6H16N2.C6H14.C5H12O2.C4H10O2.C4H10S2/c1-15-13(9-5-3-6-10-13)14(16-2)11-7-4-8-12-14;2*1-11-9-3-6-10(12-2,7-4-9)8-5-9;1-9-3-6-10(2,7-4-9)8-5-9;2*1-9-7-3-5-8(10-2)6-4-7;1-7(2,9-5)8(3,4)10-6;2*1-7-3-5-8(2)6-4-7;1-7(2)5-6-8(3)4;1-3-5-6-4-2;1-6-4-3-5-7-2;2*1-5-3-4-6-2/h3-12H2,1-2H3;2*3-8H2,1-2H3;3-8H2,1-2H3;7-8H,3-6H2,1-2H3;3-6H,1-2H3;1-6H3;7-8H,3-6H2,1-2H3;3-6H2,1-2H3;5-6H2,1-4H3;3-6H2,1-2H3;3-5H2,1-2H3;2*3-4H2,1-2H3. The van der Waals surface area contributed by atoms with Crippen LogP contribution in [0, 0.1) is 22.7 Å². The zero-order valence-corrected chi connectivity index (χ0v) is 94.5. The summed E-state index contributed by atoms with van der Waals surface area (Å²) < 4.78 is 74.3. The summed E-state index contributed by atoms with van der Waals surface area (Å²) in [5, 5.41) is 0. The molecule has 0 aromatic heterocycles. The molecule has 1 heterocycles. The van der Waals surface area contributed by atoms with Crippen molar-refractivity contribution in [1.82, 2.24) is 19.6 Å². The van der Waals surface area contributed by atoms with E-state index in [1.54, 1.807) is 71.1 Å². The average molecular weight is 1910 g/mol. The normalized spacial score (nSPS) is 27.3. The Morgan fingerprint density at radius 1 is 0.364 bits per heavy atom. The second kappa shape index (κ2) is 75.5. The summed E-state index contributed by atoms with van der Waals surface area (Å²) in [4.78, 5) is 9.08. The smallest absolute Gasteiger partial charge is 0.119 e. The molecule has 1 aliphatic heterocycles. The lowest BCUT2D eigenvalue weighted by Crippen LogP contribution is -2.58. The van der Waals surface area contributed by atoms with Gasteiger partial charge in [0, 0.05) is 159 Å². The molecule has 0 unspecified atom stereocenters. The fourth-order valence-corrected chi connectivity index (χ4v) is 21.7. The number of nitrogens with zero attached hydrogens (tertiary/aromatic N) is 4. The lowest BCUT2D eigenvalue weighted by atomic mass is 9.55. The number of rotatable bonds is 30. The molecule has 129 heavy (non-hydrogen) atoms. The Balaban J connectivity index is 0. The number of ether oxygens (including phenoxy) is 14. The van der Waals surface area contributed by atoms with Crippen LogP contribution >= 0.6 is 47.0 Å². The molecule has 0 spiro atoms. The highest BCUT2D eigenvalue weighted by molar-refractivity contribution is 8.02. The van der Waals surface area contributed by atoms with Crippen molar-refractivity contribution in [3.63, 3.8) is 0 Å². The lowest BCUT2D eigenvalue weighted by molar-refractivity contribution is -0.212. The molecular formula is C107H216N4O14S4. The first-order chi connectivity index (χ1) is 61.3. The van der Waals surface area contributed by atoms with Crippen molar-refractivity contribution in [1.29, 1.82) is 0 Å². The quantitative estimate of drug-likeness (QED) is 0.0673. The molecule has 1 aromatic rings. The summed E-state index contributed by atoms with van der Waals surface area (Å²) in [7, 11) is 37.1. The third-order valence-corrected chi connectivity index (χ3v) is 35.0. The van der Waals surface area contributed by atoms with Gasteiger partial charge in [0.15, 0.2) is 0 Å². The molecule has 6 bridgehead atoms. The van der Waals surface area contributed by atoms with E-state index < -0.39 is 0 Å². The predicted octanol–water partition coefficient (Wildman–Crippen LogP) is 25.9. The zero-order chi connectivity index (χ0) is 97.8. The fourth-order valence-electron chi connectivity index (χ4n) is 18.6. The van der Waals surface area contributed by atoms with Gasteiger partial charge in [-0.3, -0.25) is 0 Å². The number of hydrogen-bond donors (Lipinski definition) is 0. The van der Waals surface area contributed by atoms with Crippen molar-refractivity contribution < 1.29 is 66.3 Å².